The average molecular weight is 575 g/mol. The molecule has 2 heterocycles. The van der Waals surface area contributed by atoms with Gasteiger partial charge >= 0.3 is 6.03 Å². The Hall–Kier alpha value is -3.48. The first-order chi connectivity index (χ1) is 19.3. The summed E-state index contributed by atoms with van der Waals surface area (Å²) in [7, 11) is 0. The molecule has 41 heavy (non-hydrogen) atoms. The van der Waals surface area contributed by atoms with Gasteiger partial charge in [-0.05, 0) is 24.7 Å². The van der Waals surface area contributed by atoms with Gasteiger partial charge in [0.1, 0.15) is 18.1 Å². The highest BCUT2D eigenvalue weighted by molar-refractivity contribution is 6.37. The topological polar surface area (TPSA) is 180 Å². The Labute approximate surface area is 239 Å². The first kappa shape index (κ1) is 30.5. The van der Waals surface area contributed by atoms with Gasteiger partial charge in [0.15, 0.2) is 0 Å². The zero-order chi connectivity index (χ0) is 30.1. The van der Waals surface area contributed by atoms with Crippen molar-refractivity contribution >= 4 is 35.4 Å². The summed E-state index contributed by atoms with van der Waals surface area (Å²) < 4.78 is 5.28. The van der Waals surface area contributed by atoms with Crippen LogP contribution in [0.2, 0.25) is 0 Å². The lowest BCUT2D eigenvalue weighted by molar-refractivity contribution is -0.144. The Morgan fingerprint density at radius 3 is 2.17 bits per heavy atom. The van der Waals surface area contributed by atoms with Gasteiger partial charge in [0.25, 0.3) is 5.91 Å². The number of nitrogens with two attached hydrogens (primary N) is 1. The van der Waals surface area contributed by atoms with E-state index < -0.39 is 59.1 Å². The summed E-state index contributed by atoms with van der Waals surface area (Å²) in [5.74, 6) is -3.23. The Morgan fingerprint density at radius 1 is 0.976 bits per heavy atom. The minimum Gasteiger partial charge on any atom is -0.378 e. The number of primary amides is 1. The second-order valence-electron chi connectivity index (χ2n) is 12.6. The van der Waals surface area contributed by atoms with Crippen molar-refractivity contribution in [2.75, 3.05) is 32.8 Å². The van der Waals surface area contributed by atoms with E-state index in [0.717, 1.165) is 12.8 Å². The number of morpholine rings is 1. The molecule has 0 aromatic carbocycles. The summed E-state index contributed by atoms with van der Waals surface area (Å²) in [6.45, 7) is 9.01. The van der Waals surface area contributed by atoms with Crippen molar-refractivity contribution in [1.29, 1.82) is 0 Å². The van der Waals surface area contributed by atoms with Crippen molar-refractivity contribution < 1.29 is 33.5 Å². The minimum atomic E-state index is -1.11. The number of rotatable bonds is 10. The number of urea groups is 1. The number of Topliss-reactive ketones (excluding diaryl/α,β-unsaturated/α-hetero) is 1. The normalized spacial score (nSPS) is 25.7. The lowest BCUT2D eigenvalue weighted by Crippen LogP contribution is -2.61. The number of nitrogens with one attached hydrogen (secondary N) is 3. The van der Waals surface area contributed by atoms with Gasteiger partial charge in [-0.2, -0.15) is 0 Å². The lowest BCUT2D eigenvalue weighted by Gasteiger charge is -2.36. The summed E-state index contributed by atoms with van der Waals surface area (Å²) in [5.41, 5.74) is 4.50. The number of hydrogen-bond donors (Lipinski definition) is 4. The third kappa shape index (κ3) is 7.06. The van der Waals surface area contributed by atoms with Crippen LogP contribution in [0.5, 0.6) is 0 Å². The lowest BCUT2D eigenvalue weighted by atomic mass is 9.80. The summed E-state index contributed by atoms with van der Waals surface area (Å²) in [5, 5.41) is 8.07. The minimum absolute atomic E-state index is 0.0379. The molecular weight excluding hydrogens is 532 g/mol. The van der Waals surface area contributed by atoms with Gasteiger partial charge in [0.2, 0.25) is 23.5 Å². The molecule has 3 fully saturated rings. The molecule has 2 aliphatic heterocycles. The Kier molecular flexibility index (Phi) is 9.05. The van der Waals surface area contributed by atoms with Gasteiger partial charge in [0, 0.05) is 31.5 Å². The second-order valence-corrected chi connectivity index (χ2v) is 12.6. The standard InChI is InChI=1S/C28H42N6O7/c1-15(25(38)33-9-11-41-12-10-33)30-27(40)32-22(28(2,3)4)26(39)34-14-17-7-8-18(17)20(34)24(37)31-19(13-16-5-6-16)21(35)23(29)36/h7-8,15-20,22H,5-6,9-14H2,1-4H3,(H2,29,36)(H,31,37)(H2,30,32,40)/t15-,17-,18-,19?,20-,22+/m0/s1. The number of amides is 6. The van der Waals surface area contributed by atoms with Crippen molar-refractivity contribution in [3.05, 3.63) is 12.2 Å². The maximum Gasteiger partial charge on any atom is 0.316 e. The second kappa shape index (κ2) is 12.2. The monoisotopic (exact) mass is 574 g/mol. The van der Waals surface area contributed by atoms with Gasteiger partial charge in [-0.1, -0.05) is 45.8 Å². The van der Waals surface area contributed by atoms with Crippen LogP contribution in [-0.4, -0.2) is 102 Å². The van der Waals surface area contributed by atoms with Gasteiger partial charge < -0.3 is 36.2 Å². The zero-order valence-corrected chi connectivity index (χ0v) is 24.2. The highest BCUT2D eigenvalue weighted by Gasteiger charge is 2.52. The molecule has 1 saturated carbocycles. The van der Waals surface area contributed by atoms with Gasteiger partial charge in [-0.15, -0.1) is 0 Å². The molecule has 4 rings (SSSR count). The van der Waals surface area contributed by atoms with E-state index in [9.17, 15) is 28.8 Å². The first-order valence-corrected chi connectivity index (χ1v) is 14.3. The number of ether oxygens (including phenoxy) is 1. The molecular formula is C28H42N6O7. The molecule has 13 heteroatoms. The molecule has 0 aromatic rings. The molecule has 5 N–H and O–H groups in total. The van der Waals surface area contributed by atoms with Gasteiger partial charge in [-0.25, -0.2) is 4.79 Å². The van der Waals surface area contributed by atoms with Crippen molar-refractivity contribution in [3.8, 4) is 0 Å². The van der Waals surface area contributed by atoms with Crippen molar-refractivity contribution in [2.45, 2.75) is 71.1 Å². The molecule has 226 valence electrons. The number of hydrogen-bond acceptors (Lipinski definition) is 7. The summed E-state index contributed by atoms with van der Waals surface area (Å²) in [6, 6.07) is -4.46. The van der Waals surface area contributed by atoms with Crippen LogP contribution in [0, 0.1) is 23.2 Å². The van der Waals surface area contributed by atoms with Crippen LogP contribution in [0.3, 0.4) is 0 Å². The first-order valence-electron chi connectivity index (χ1n) is 14.3. The van der Waals surface area contributed by atoms with Crippen molar-refractivity contribution in [2.24, 2.45) is 28.9 Å². The van der Waals surface area contributed by atoms with Crippen LogP contribution in [0.4, 0.5) is 4.79 Å². The van der Waals surface area contributed by atoms with Crippen LogP contribution < -0.4 is 21.7 Å². The SMILES string of the molecule is C[C@H](NC(=O)N[C@H](C(=O)N1C[C@@H]2C=C[C@@H]2[C@H]1C(=O)NC(CC1CC1)C(=O)C(N)=O)C(C)(C)C)C(=O)N1CCOCC1. The highest BCUT2D eigenvalue weighted by atomic mass is 16.5. The number of carbonyl (C=O) groups is 6. The highest BCUT2D eigenvalue weighted by Crippen LogP contribution is 2.40. The summed E-state index contributed by atoms with van der Waals surface area (Å²) in [4.78, 5) is 80.5. The number of carbonyl (C=O) groups excluding carboxylic acids is 6. The summed E-state index contributed by atoms with van der Waals surface area (Å²) in [6.07, 6.45) is 5.94. The van der Waals surface area contributed by atoms with Crippen LogP contribution in [0.1, 0.15) is 47.0 Å². The molecule has 4 aliphatic rings. The number of ketones is 1. The van der Waals surface area contributed by atoms with E-state index in [0.29, 0.717) is 32.7 Å². The molecule has 13 nitrogen and oxygen atoms in total. The molecule has 1 unspecified atom stereocenters. The molecule has 2 aliphatic carbocycles. The fraction of sp³-hybridized carbons (Fsp3) is 0.714. The quantitative estimate of drug-likeness (QED) is 0.197. The molecule has 0 radical (unpaired) electrons. The molecule has 6 amide bonds. The maximum atomic E-state index is 14.0. The predicted molar refractivity (Wildman–Crippen MR) is 147 cm³/mol. The summed E-state index contributed by atoms with van der Waals surface area (Å²) >= 11 is 0. The van der Waals surface area contributed by atoms with Crippen LogP contribution in [0.25, 0.3) is 0 Å². The fourth-order valence-corrected chi connectivity index (χ4v) is 5.66. The van der Waals surface area contributed by atoms with E-state index in [1.165, 1.54) is 4.90 Å². The van der Waals surface area contributed by atoms with E-state index in [1.807, 2.05) is 12.2 Å². The molecule has 6 atom stereocenters. The number of likely N-dealkylation sites (tertiary alicyclic amines) is 1. The third-order valence-electron chi connectivity index (χ3n) is 8.31. The molecule has 2 saturated heterocycles. The largest absolute Gasteiger partial charge is 0.378 e. The van der Waals surface area contributed by atoms with Crippen LogP contribution in [-0.2, 0) is 28.7 Å². The van der Waals surface area contributed by atoms with E-state index in [2.05, 4.69) is 16.0 Å². The predicted octanol–water partition coefficient (Wildman–Crippen LogP) is -0.700. The van der Waals surface area contributed by atoms with Gasteiger partial charge in [-0.3, -0.25) is 24.0 Å². The van der Waals surface area contributed by atoms with E-state index >= 15 is 0 Å². The smallest absolute Gasteiger partial charge is 0.316 e. The fourth-order valence-electron chi connectivity index (χ4n) is 5.66. The number of fused-ring (bicyclic) bond motifs is 1. The average Bonchev–Trinajstić information content (AvgIpc) is 3.68. The Morgan fingerprint density at radius 2 is 1.63 bits per heavy atom. The van der Waals surface area contributed by atoms with E-state index in [1.54, 1.807) is 32.6 Å². The molecule has 0 spiro atoms. The number of nitrogens with zero attached hydrogens (tertiary/aromatic N) is 2. The maximum absolute atomic E-state index is 14.0. The van der Waals surface area contributed by atoms with Gasteiger partial charge in [0.05, 0.1) is 19.3 Å². The third-order valence-corrected chi connectivity index (χ3v) is 8.31. The molecule has 0 aromatic heterocycles. The Bertz CT molecular complexity index is 1110. The van der Waals surface area contributed by atoms with E-state index in [-0.39, 0.29) is 30.2 Å². The van der Waals surface area contributed by atoms with Crippen LogP contribution >= 0.6 is 0 Å². The van der Waals surface area contributed by atoms with Crippen LogP contribution in [0.15, 0.2) is 12.2 Å². The van der Waals surface area contributed by atoms with Crippen molar-refractivity contribution in [1.82, 2.24) is 25.8 Å². The zero-order valence-electron chi connectivity index (χ0n) is 24.2. The van der Waals surface area contributed by atoms with E-state index in [4.69, 9.17) is 10.5 Å². The van der Waals surface area contributed by atoms with Crippen molar-refractivity contribution in [3.63, 3.8) is 0 Å². The molecule has 0 bridgehead atoms. The Balaban J connectivity index is 1.45.